The molecule has 0 aromatic heterocycles. The number of halogens is 1. The fourth-order valence-corrected chi connectivity index (χ4v) is 3.35. The van der Waals surface area contributed by atoms with Gasteiger partial charge in [-0.1, -0.05) is 48.0 Å². The van der Waals surface area contributed by atoms with Gasteiger partial charge in [-0.15, -0.1) is 0 Å². The lowest BCUT2D eigenvalue weighted by molar-refractivity contribution is -0.119. The maximum Gasteiger partial charge on any atom is 0.338 e. The Morgan fingerprint density at radius 2 is 1.83 bits per heavy atom. The van der Waals surface area contributed by atoms with Crippen molar-refractivity contribution >= 4 is 39.9 Å². The molecule has 0 saturated carbocycles. The zero-order valence-corrected chi connectivity index (χ0v) is 16.2. The highest BCUT2D eigenvalue weighted by Crippen LogP contribution is 2.38. The van der Waals surface area contributed by atoms with E-state index in [9.17, 15) is 9.59 Å². The largest absolute Gasteiger partial charge is 0.489 e. The van der Waals surface area contributed by atoms with Crippen molar-refractivity contribution in [1.82, 2.24) is 0 Å². The second-order valence-corrected chi connectivity index (χ2v) is 6.89. The molecule has 0 bridgehead atoms. The average molecular weight is 412 g/mol. The Morgan fingerprint density at radius 3 is 2.72 bits per heavy atom. The first-order valence-electron chi connectivity index (χ1n) is 9.16. The molecule has 0 unspecified atom stereocenters. The molecule has 29 heavy (non-hydrogen) atoms. The molecule has 6 nitrogen and oxygen atoms in total. The average Bonchev–Trinajstić information content (AvgIpc) is 2.98. The number of anilines is 1. The third-order valence-corrected chi connectivity index (χ3v) is 4.72. The molecule has 0 aliphatic carbocycles. The van der Waals surface area contributed by atoms with E-state index in [1.165, 1.54) is 12.1 Å². The molecule has 4 rings (SSSR count). The Morgan fingerprint density at radius 1 is 1.03 bits per heavy atom. The highest BCUT2D eigenvalue weighted by molar-refractivity contribution is 6.32. The fourth-order valence-electron chi connectivity index (χ4n) is 3.08. The molecule has 148 valence electrons. The van der Waals surface area contributed by atoms with Crippen LogP contribution in [0.4, 0.5) is 5.69 Å². The second-order valence-electron chi connectivity index (χ2n) is 6.49. The molecule has 1 N–H and O–H groups in total. The van der Waals surface area contributed by atoms with Gasteiger partial charge in [0.25, 0.3) is 5.91 Å². The van der Waals surface area contributed by atoms with Gasteiger partial charge >= 0.3 is 5.97 Å². The lowest BCUT2D eigenvalue weighted by Gasteiger charge is -2.12. The summed E-state index contributed by atoms with van der Waals surface area (Å²) in [7, 11) is 0. The molecule has 7 heteroatoms. The van der Waals surface area contributed by atoms with Crippen LogP contribution >= 0.6 is 11.6 Å². The van der Waals surface area contributed by atoms with Crippen molar-refractivity contribution in [3.8, 4) is 11.5 Å². The summed E-state index contributed by atoms with van der Waals surface area (Å²) in [5.41, 5.74) is 0.847. The predicted molar refractivity (Wildman–Crippen MR) is 110 cm³/mol. The van der Waals surface area contributed by atoms with E-state index in [1.54, 1.807) is 6.07 Å². The summed E-state index contributed by atoms with van der Waals surface area (Å²) < 4.78 is 16.3. The van der Waals surface area contributed by atoms with Crippen molar-refractivity contribution in [2.75, 3.05) is 25.1 Å². The van der Waals surface area contributed by atoms with Gasteiger partial charge in [0.2, 0.25) is 0 Å². The number of carbonyl (C=O) groups excluding carboxylic acids is 2. The monoisotopic (exact) mass is 411 g/mol. The summed E-state index contributed by atoms with van der Waals surface area (Å²) in [6.45, 7) is 0.536. The Kier molecular flexibility index (Phi) is 5.53. The number of nitrogens with one attached hydrogen (secondary N) is 1. The molecule has 0 fully saturated rings. The smallest absolute Gasteiger partial charge is 0.338 e. The highest BCUT2D eigenvalue weighted by atomic mass is 35.5. The summed E-state index contributed by atoms with van der Waals surface area (Å²) in [5, 5.41) is 4.95. The van der Waals surface area contributed by atoms with E-state index in [0.29, 0.717) is 30.4 Å². The molecule has 1 aliphatic heterocycles. The van der Waals surface area contributed by atoms with Crippen LogP contribution in [-0.4, -0.2) is 31.7 Å². The van der Waals surface area contributed by atoms with Gasteiger partial charge in [0, 0.05) is 17.5 Å². The zero-order chi connectivity index (χ0) is 20.2. The molecular formula is C22H18ClNO5. The van der Waals surface area contributed by atoms with Crippen LogP contribution in [-0.2, 0) is 9.53 Å². The molecule has 0 spiro atoms. The van der Waals surface area contributed by atoms with Crippen LogP contribution in [0.25, 0.3) is 10.8 Å². The van der Waals surface area contributed by atoms with Gasteiger partial charge in [-0.05, 0) is 23.6 Å². The minimum Gasteiger partial charge on any atom is -0.489 e. The number of hydrogen-bond acceptors (Lipinski definition) is 5. The van der Waals surface area contributed by atoms with E-state index in [2.05, 4.69) is 5.32 Å². The van der Waals surface area contributed by atoms with Gasteiger partial charge in [0.05, 0.1) is 23.8 Å². The number of amides is 1. The summed E-state index contributed by atoms with van der Waals surface area (Å²) in [5.74, 6) is -0.303. The van der Waals surface area contributed by atoms with Crippen molar-refractivity contribution in [2.45, 2.75) is 6.42 Å². The lowest BCUT2D eigenvalue weighted by atomic mass is 10.1. The van der Waals surface area contributed by atoms with E-state index in [0.717, 1.165) is 17.2 Å². The van der Waals surface area contributed by atoms with Crippen molar-refractivity contribution in [2.24, 2.45) is 0 Å². The first kappa shape index (κ1) is 19.1. The molecular weight excluding hydrogens is 394 g/mol. The maximum absolute atomic E-state index is 12.4. The lowest BCUT2D eigenvalue weighted by Crippen LogP contribution is -2.21. The van der Waals surface area contributed by atoms with E-state index in [-0.39, 0.29) is 10.6 Å². The van der Waals surface area contributed by atoms with E-state index in [1.807, 2.05) is 36.4 Å². The number of ether oxygens (including phenoxy) is 3. The molecule has 1 amide bonds. The first-order chi connectivity index (χ1) is 14.1. The van der Waals surface area contributed by atoms with E-state index >= 15 is 0 Å². The van der Waals surface area contributed by atoms with E-state index in [4.69, 9.17) is 25.8 Å². The van der Waals surface area contributed by atoms with Crippen LogP contribution in [0.2, 0.25) is 5.02 Å². The van der Waals surface area contributed by atoms with Gasteiger partial charge in [-0.2, -0.15) is 0 Å². The molecule has 0 saturated heterocycles. The number of rotatable bonds is 4. The second kappa shape index (κ2) is 8.41. The van der Waals surface area contributed by atoms with Crippen molar-refractivity contribution in [1.29, 1.82) is 0 Å². The van der Waals surface area contributed by atoms with Crippen LogP contribution < -0.4 is 14.8 Å². The quantitative estimate of drug-likeness (QED) is 0.642. The predicted octanol–water partition coefficient (Wildman–Crippen LogP) is 4.45. The Balaban J connectivity index is 1.42. The number of fused-ring (bicyclic) bond motifs is 2. The normalized spacial score (nSPS) is 12.9. The fraction of sp³-hybridized carbons (Fsp3) is 0.182. The van der Waals surface area contributed by atoms with Gasteiger partial charge in [-0.25, -0.2) is 4.79 Å². The standard InChI is InChI=1S/C22H18ClNO5/c23-17-11-15(12-19-21(17)28-10-4-9-27-19)22(26)29-13-20(25)24-18-8-3-6-14-5-1-2-7-16(14)18/h1-3,5-8,11-12H,4,9-10,13H2,(H,24,25). The molecule has 1 heterocycles. The Hall–Kier alpha value is -3.25. The summed E-state index contributed by atoms with van der Waals surface area (Å²) in [6, 6.07) is 16.3. The molecule has 0 radical (unpaired) electrons. The van der Waals surface area contributed by atoms with Gasteiger partial charge in [0.1, 0.15) is 0 Å². The number of hydrogen-bond donors (Lipinski definition) is 1. The van der Waals surface area contributed by atoms with Crippen LogP contribution in [0, 0.1) is 0 Å². The number of benzene rings is 3. The van der Waals surface area contributed by atoms with Crippen molar-refractivity contribution in [3.63, 3.8) is 0 Å². The third-order valence-electron chi connectivity index (χ3n) is 4.44. The van der Waals surface area contributed by atoms with E-state index < -0.39 is 18.5 Å². The highest BCUT2D eigenvalue weighted by Gasteiger charge is 2.20. The minimum atomic E-state index is -0.671. The van der Waals surface area contributed by atoms with Crippen LogP contribution in [0.15, 0.2) is 54.6 Å². The number of esters is 1. The topological polar surface area (TPSA) is 73.9 Å². The number of carbonyl (C=O) groups is 2. The zero-order valence-electron chi connectivity index (χ0n) is 15.4. The molecule has 3 aromatic carbocycles. The molecule has 3 aromatic rings. The van der Waals surface area contributed by atoms with Gasteiger partial charge in [0.15, 0.2) is 18.1 Å². The summed E-state index contributed by atoms with van der Waals surface area (Å²) in [6.07, 6.45) is 0.721. The van der Waals surface area contributed by atoms with Crippen molar-refractivity contribution in [3.05, 3.63) is 65.2 Å². The maximum atomic E-state index is 12.4. The SMILES string of the molecule is O=C(COC(=O)c1cc(Cl)c2c(c1)OCCCO2)Nc1cccc2ccccc12. The van der Waals surface area contributed by atoms with Crippen molar-refractivity contribution < 1.29 is 23.8 Å². The Labute approximate surface area is 172 Å². The van der Waals surface area contributed by atoms with Gasteiger partial charge < -0.3 is 19.5 Å². The van der Waals surface area contributed by atoms with Gasteiger partial charge in [-0.3, -0.25) is 4.79 Å². The van der Waals surface area contributed by atoms with Crippen LogP contribution in [0.5, 0.6) is 11.5 Å². The summed E-state index contributed by atoms with van der Waals surface area (Å²) in [4.78, 5) is 24.7. The molecule has 0 atom stereocenters. The third kappa shape index (κ3) is 4.27. The minimum absolute atomic E-state index is 0.192. The first-order valence-corrected chi connectivity index (χ1v) is 9.53. The Bertz CT molecular complexity index is 1080. The van der Waals surface area contributed by atoms with Crippen LogP contribution in [0.3, 0.4) is 0 Å². The molecule has 1 aliphatic rings. The summed E-state index contributed by atoms with van der Waals surface area (Å²) >= 11 is 6.20. The van der Waals surface area contributed by atoms with Crippen LogP contribution in [0.1, 0.15) is 16.8 Å².